The Bertz CT molecular complexity index is 455. The van der Waals surface area contributed by atoms with E-state index in [1.165, 1.54) is 25.3 Å². The van der Waals surface area contributed by atoms with Gasteiger partial charge in [-0.1, -0.05) is 27.7 Å². The summed E-state index contributed by atoms with van der Waals surface area (Å²) in [6.07, 6.45) is 0.397. The van der Waals surface area contributed by atoms with E-state index in [1.807, 2.05) is 27.7 Å². The van der Waals surface area contributed by atoms with Crippen molar-refractivity contribution in [2.45, 2.75) is 34.1 Å². The molecule has 1 rings (SSSR count). The first-order chi connectivity index (χ1) is 9.43. The minimum Gasteiger partial charge on any atom is -0.507 e. The van der Waals surface area contributed by atoms with Gasteiger partial charge < -0.3 is 15.2 Å². The monoisotopic (exact) mass is 281 g/mol. The largest absolute Gasteiger partial charge is 0.507 e. The van der Waals surface area contributed by atoms with Crippen LogP contribution in [0.2, 0.25) is 0 Å². The molecule has 0 aliphatic heterocycles. The Morgan fingerprint density at radius 3 is 2.40 bits per heavy atom. The molecule has 112 valence electrons. The number of esters is 1. The van der Waals surface area contributed by atoms with Crippen LogP contribution < -0.4 is 5.32 Å². The number of carbonyl (C=O) groups is 2. The van der Waals surface area contributed by atoms with Gasteiger partial charge in [-0.3, -0.25) is 4.79 Å². The first-order valence-corrected chi connectivity index (χ1v) is 6.65. The van der Waals surface area contributed by atoms with Gasteiger partial charge in [0, 0.05) is 12.1 Å². The van der Waals surface area contributed by atoms with Crippen molar-refractivity contribution in [1.29, 1.82) is 0 Å². The Hall–Kier alpha value is -2.04. The van der Waals surface area contributed by atoms with Gasteiger partial charge in [-0.25, -0.2) is 4.79 Å². The molecular formula is C15H23NO4. The summed E-state index contributed by atoms with van der Waals surface area (Å²) in [5.74, 6) is -0.704. The number of phenols is 1. The van der Waals surface area contributed by atoms with Crippen molar-refractivity contribution in [1.82, 2.24) is 0 Å². The number of nitrogens with one attached hydrogen (secondary N) is 1. The molecule has 20 heavy (non-hydrogen) atoms. The number of anilines is 1. The van der Waals surface area contributed by atoms with Crippen LogP contribution in [-0.2, 0) is 9.53 Å². The molecule has 0 aromatic heterocycles. The van der Waals surface area contributed by atoms with Crippen molar-refractivity contribution in [3.05, 3.63) is 23.8 Å². The second-order valence-electron chi connectivity index (χ2n) is 4.37. The van der Waals surface area contributed by atoms with Crippen LogP contribution in [0.25, 0.3) is 0 Å². The van der Waals surface area contributed by atoms with E-state index in [2.05, 4.69) is 10.1 Å². The average molecular weight is 281 g/mol. The molecule has 0 heterocycles. The van der Waals surface area contributed by atoms with E-state index in [4.69, 9.17) is 0 Å². The van der Waals surface area contributed by atoms with Crippen LogP contribution in [0.4, 0.5) is 5.69 Å². The van der Waals surface area contributed by atoms with Gasteiger partial charge in [-0.15, -0.1) is 0 Å². The van der Waals surface area contributed by atoms with Crippen molar-refractivity contribution in [3.63, 3.8) is 0 Å². The zero-order chi connectivity index (χ0) is 15.7. The summed E-state index contributed by atoms with van der Waals surface area (Å²) in [6, 6.07) is 4.26. The van der Waals surface area contributed by atoms with Gasteiger partial charge in [-0.2, -0.15) is 0 Å². The molecule has 0 aliphatic rings. The number of amides is 1. The lowest BCUT2D eigenvalue weighted by molar-refractivity contribution is -0.116. The maximum absolute atomic E-state index is 11.6. The minimum absolute atomic E-state index is 0.0276. The topological polar surface area (TPSA) is 75.6 Å². The zero-order valence-corrected chi connectivity index (χ0v) is 12.7. The number of aromatic hydroxyl groups is 1. The number of carbonyl (C=O) groups excluding carboxylic acids is 2. The molecule has 0 aliphatic carbocycles. The minimum atomic E-state index is -0.646. The van der Waals surface area contributed by atoms with Gasteiger partial charge in [-0.05, 0) is 24.1 Å². The Morgan fingerprint density at radius 1 is 1.30 bits per heavy atom. The molecule has 1 aromatic carbocycles. The molecule has 5 heteroatoms. The van der Waals surface area contributed by atoms with Crippen molar-refractivity contribution in [2.75, 3.05) is 12.4 Å². The highest BCUT2D eigenvalue weighted by atomic mass is 16.5. The van der Waals surface area contributed by atoms with E-state index in [9.17, 15) is 14.7 Å². The third-order valence-corrected chi connectivity index (χ3v) is 2.28. The van der Waals surface area contributed by atoms with Crippen molar-refractivity contribution in [3.8, 4) is 5.75 Å². The Balaban J connectivity index is 0.00000172. The predicted octanol–water partition coefficient (Wildman–Crippen LogP) is 3.19. The predicted molar refractivity (Wildman–Crippen MR) is 78.9 cm³/mol. The number of hydrogen-bond acceptors (Lipinski definition) is 4. The smallest absolute Gasteiger partial charge is 0.341 e. The molecular weight excluding hydrogens is 258 g/mol. The molecule has 0 radical (unpaired) electrons. The van der Waals surface area contributed by atoms with Crippen LogP contribution in [-0.4, -0.2) is 24.1 Å². The molecule has 0 saturated heterocycles. The number of rotatable bonds is 4. The van der Waals surface area contributed by atoms with Gasteiger partial charge in [0.15, 0.2) is 0 Å². The average Bonchev–Trinajstić information content (AvgIpc) is 2.41. The van der Waals surface area contributed by atoms with Crippen molar-refractivity contribution < 1.29 is 19.4 Å². The summed E-state index contributed by atoms with van der Waals surface area (Å²) in [7, 11) is 1.23. The quantitative estimate of drug-likeness (QED) is 0.656. The molecule has 0 atom stereocenters. The molecule has 0 spiro atoms. The van der Waals surface area contributed by atoms with Crippen LogP contribution in [0.5, 0.6) is 5.75 Å². The van der Waals surface area contributed by atoms with E-state index in [0.717, 1.165) is 0 Å². The maximum Gasteiger partial charge on any atom is 0.341 e. The number of benzene rings is 1. The fourth-order valence-corrected chi connectivity index (χ4v) is 1.47. The maximum atomic E-state index is 11.6. The van der Waals surface area contributed by atoms with Gasteiger partial charge in [0.1, 0.15) is 11.3 Å². The van der Waals surface area contributed by atoms with E-state index in [-0.39, 0.29) is 23.1 Å². The normalized spacial score (nSPS) is 9.50. The van der Waals surface area contributed by atoms with Gasteiger partial charge in [0.05, 0.1) is 7.11 Å². The molecule has 2 N–H and O–H groups in total. The highest BCUT2D eigenvalue weighted by molar-refractivity contribution is 5.96. The first-order valence-electron chi connectivity index (χ1n) is 6.65. The number of ether oxygens (including phenoxy) is 1. The second kappa shape index (κ2) is 8.96. The number of hydrogen-bond donors (Lipinski definition) is 2. The van der Waals surface area contributed by atoms with Gasteiger partial charge in [0.2, 0.25) is 5.91 Å². The summed E-state index contributed by atoms with van der Waals surface area (Å²) >= 11 is 0. The standard InChI is InChI=1S/C13H17NO4.C2H6/c1-8(2)6-12(16)14-9-4-5-11(15)10(7-9)13(17)18-3;1-2/h4-5,7-8,15H,6H2,1-3H3,(H,14,16);1-2H3. The lowest BCUT2D eigenvalue weighted by Gasteiger charge is -2.09. The van der Waals surface area contributed by atoms with E-state index < -0.39 is 5.97 Å². The third kappa shape index (κ3) is 5.73. The Labute approximate surface area is 120 Å². The molecule has 1 amide bonds. The lowest BCUT2D eigenvalue weighted by atomic mass is 10.1. The van der Waals surface area contributed by atoms with Crippen molar-refractivity contribution in [2.24, 2.45) is 5.92 Å². The van der Waals surface area contributed by atoms with Gasteiger partial charge >= 0.3 is 5.97 Å². The first kappa shape index (κ1) is 18.0. The molecule has 0 bridgehead atoms. The van der Waals surface area contributed by atoms with Crippen LogP contribution in [0.1, 0.15) is 44.5 Å². The highest BCUT2D eigenvalue weighted by Crippen LogP contribution is 2.22. The molecule has 1 aromatic rings. The summed E-state index contributed by atoms with van der Waals surface area (Å²) in [6.45, 7) is 7.88. The van der Waals surface area contributed by atoms with E-state index >= 15 is 0 Å². The summed E-state index contributed by atoms with van der Waals surface area (Å²) in [5, 5.41) is 12.2. The molecule has 5 nitrogen and oxygen atoms in total. The fraction of sp³-hybridized carbons (Fsp3) is 0.467. The molecule has 0 unspecified atom stereocenters. The SMILES string of the molecule is CC.COC(=O)c1cc(NC(=O)CC(C)C)ccc1O. The Morgan fingerprint density at radius 2 is 1.90 bits per heavy atom. The van der Waals surface area contributed by atoms with E-state index in [0.29, 0.717) is 12.1 Å². The number of phenolic OH excluding ortho intramolecular Hbond substituents is 1. The van der Waals surface area contributed by atoms with Crippen LogP contribution >= 0.6 is 0 Å². The summed E-state index contributed by atoms with van der Waals surface area (Å²) < 4.78 is 4.53. The summed E-state index contributed by atoms with van der Waals surface area (Å²) in [5.41, 5.74) is 0.485. The van der Waals surface area contributed by atoms with Crippen molar-refractivity contribution >= 4 is 17.6 Å². The highest BCUT2D eigenvalue weighted by Gasteiger charge is 2.13. The van der Waals surface area contributed by atoms with Crippen LogP contribution in [0, 0.1) is 5.92 Å². The summed E-state index contributed by atoms with van der Waals surface area (Å²) in [4.78, 5) is 22.9. The zero-order valence-electron chi connectivity index (χ0n) is 12.7. The van der Waals surface area contributed by atoms with Crippen LogP contribution in [0.15, 0.2) is 18.2 Å². The third-order valence-electron chi connectivity index (χ3n) is 2.28. The fourth-order valence-electron chi connectivity index (χ4n) is 1.47. The molecule has 0 saturated carbocycles. The number of methoxy groups -OCH3 is 1. The second-order valence-corrected chi connectivity index (χ2v) is 4.37. The van der Waals surface area contributed by atoms with E-state index in [1.54, 1.807) is 0 Å². The molecule has 0 fully saturated rings. The Kier molecular flexibility index (Phi) is 8.04. The van der Waals surface area contributed by atoms with Gasteiger partial charge in [0.25, 0.3) is 0 Å². The van der Waals surface area contributed by atoms with Crippen LogP contribution in [0.3, 0.4) is 0 Å². The lowest BCUT2D eigenvalue weighted by Crippen LogP contribution is -2.14.